The van der Waals surface area contributed by atoms with E-state index in [1.54, 1.807) is 25.4 Å². The highest BCUT2D eigenvalue weighted by molar-refractivity contribution is 6.35. The molecule has 0 bridgehead atoms. The van der Waals surface area contributed by atoms with Crippen LogP contribution in [-0.2, 0) is 13.6 Å². The number of carbonyl (C=O) groups excluding carboxylic acids is 1. The molecule has 24 heavy (non-hydrogen) atoms. The molecule has 0 fully saturated rings. The second-order valence-electron chi connectivity index (χ2n) is 5.07. The van der Waals surface area contributed by atoms with E-state index in [2.05, 4.69) is 15.5 Å². The molecule has 3 aromatic rings. The number of aromatic nitrogens is 4. The Morgan fingerprint density at radius 1 is 1.33 bits per heavy atom. The number of nitrogens with one attached hydrogen (secondary N) is 1. The van der Waals surface area contributed by atoms with E-state index in [1.807, 2.05) is 0 Å². The zero-order valence-corrected chi connectivity index (χ0v) is 14.0. The van der Waals surface area contributed by atoms with E-state index >= 15 is 0 Å². The summed E-state index contributed by atoms with van der Waals surface area (Å²) < 4.78 is 16.1. The minimum Gasteiger partial charge on any atom is -0.302 e. The zero-order valence-electron chi connectivity index (χ0n) is 12.5. The molecule has 2 heterocycles. The van der Waals surface area contributed by atoms with Gasteiger partial charge in [0.15, 0.2) is 5.82 Å². The molecule has 3 rings (SSSR count). The van der Waals surface area contributed by atoms with Crippen LogP contribution in [0.15, 0.2) is 36.7 Å². The molecule has 124 valence electrons. The number of aryl methyl sites for hydroxylation is 1. The second-order valence-corrected chi connectivity index (χ2v) is 5.89. The number of halogens is 3. The maximum Gasteiger partial charge on any atom is 0.276 e. The summed E-state index contributed by atoms with van der Waals surface area (Å²) in [5, 5.41) is 11.2. The van der Waals surface area contributed by atoms with Gasteiger partial charge in [-0.25, -0.2) is 4.39 Å². The number of hydrogen-bond acceptors (Lipinski definition) is 3. The smallest absolute Gasteiger partial charge is 0.276 e. The standard InChI is InChI=1S/C15H12Cl2FN5O/c1-22-13(11(16)6-19-22)15(24)20-14-12(17)8-23(21-14)7-9-3-2-4-10(18)5-9/h2-6,8H,7H2,1H3,(H,20,21,24). The van der Waals surface area contributed by atoms with Crippen LogP contribution in [0.2, 0.25) is 10.0 Å². The van der Waals surface area contributed by atoms with Crippen molar-refractivity contribution >= 4 is 34.9 Å². The average molecular weight is 368 g/mol. The fourth-order valence-electron chi connectivity index (χ4n) is 2.22. The van der Waals surface area contributed by atoms with Gasteiger partial charge < -0.3 is 5.32 Å². The van der Waals surface area contributed by atoms with Crippen molar-refractivity contribution in [3.8, 4) is 0 Å². The first kappa shape index (κ1) is 16.5. The lowest BCUT2D eigenvalue weighted by Crippen LogP contribution is -2.17. The fraction of sp³-hybridized carbons (Fsp3) is 0.133. The van der Waals surface area contributed by atoms with E-state index < -0.39 is 5.91 Å². The molecule has 0 radical (unpaired) electrons. The Labute approximate surface area is 146 Å². The quantitative estimate of drug-likeness (QED) is 0.768. The van der Waals surface area contributed by atoms with Crippen LogP contribution in [0.1, 0.15) is 16.1 Å². The minimum atomic E-state index is -0.474. The van der Waals surface area contributed by atoms with E-state index in [0.717, 1.165) is 5.56 Å². The minimum absolute atomic E-state index is 0.190. The number of hydrogen-bond donors (Lipinski definition) is 1. The summed E-state index contributed by atoms with van der Waals surface area (Å²) in [6.45, 7) is 0.319. The van der Waals surface area contributed by atoms with Gasteiger partial charge in [0.05, 0.1) is 17.8 Å². The number of benzene rings is 1. The lowest BCUT2D eigenvalue weighted by Gasteiger charge is -2.04. The highest BCUT2D eigenvalue weighted by Gasteiger charge is 2.18. The summed E-state index contributed by atoms with van der Waals surface area (Å²) in [6.07, 6.45) is 2.92. The van der Waals surface area contributed by atoms with Gasteiger partial charge in [0, 0.05) is 13.2 Å². The molecule has 0 aliphatic heterocycles. The zero-order chi connectivity index (χ0) is 17.3. The topological polar surface area (TPSA) is 64.7 Å². The van der Waals surface area contributed by atoms with E-state index in [-0.39, 0.29) is 27.4 Å². The Morgan fingerprint density at radius 3 is 2.79 bits per heavy atom. The van der Waals surface area contributed by atoms with Gasteiger partial charge in [0.2, 0.25) is 0 Å². The predicted octanol–water partition coefficient (Wildman–Crippen LogP) is 3.36. The average Bonchev–Trinajstić information content (AvgIpc) is 3.02. The molecule has 0 unspecified atom stereocenters. The van der Waals surface area contributed by atoms with Crippen LogP contribution in [-0.4, -0.2) is 25.5 Å². The molecule has 6 nitrogen and oxygen atoms in total. The molecule has 0 spiro atoms. The predicted molar refractivity (Wildman–Crippen MR) is 88.9 cm³/mol. The van der Waals surface area contributed by atoms with Gasteiger partial charge in [-0.2, -0.15) is 10.2 Å². The van der Waals surface area contributed by atoms with Crippen LogP contribution >= 0.6 is 23.2 Å². The van der Waals surface area contributed by atoms with E-state index in [1.165, 1.54) is 27.7 Å². The van der Waals surface area contributed by atoms with Crippen molar-refractivity contribution in [3.05, 3.63) is 63.8 Å². The first-order valence-corrected chi connectivity index (χ1v) is 7.66. The Kier molecular flexibility index (Phi) is 4.55. The molecular weight excluding hydrogens is 356 g/mol. The van der Waals surface area contributed by atoms with Crippen molar-refractivity contribution in [2.45, 2.75) is 6.54 Å². The molecule has 1 amide bonds. The highest BCUT2D eigenvalue weighted by atomic mass is 35.5. The first-order valence-electron chi connectivity index (χ1n) is 6.90. The van der Waals surface area contributed by atoms with Crippen LogP contribution < -0.4 is 5.32 Å². The Balaban J connectivity index is 1.78. The third kappa shape index (κ3) is 3.42. The van der Waals surface area contributed by atoms with Crippen LogP contribution in [0.3, 0.4) is 0 Å². The highest BCUT2D eigenvalue weighted by Crippen LogP contribution is 2.22. The van der Waals surface area contributed by atoms with Gasteiger partial charge in [-0.1, -0.05) is 35.3 Å². The summed E-state index contributed by atoms with van der Waals surface area (Å²) in [5.74, 6) is -0.613. The molecular formula is C15H12Cl2FN5O. The second kappa shape index (κ2) is 6.62. The number of rotatable bonds is 4. The maximum atomic E-state index is 13.2. The van der Waals surface area contributed by atoms with Crippen molar-refractivity contribution in [2.24, 2.45) is 7.05 Å². The summed E-state index contributed by atoms with van der Waals surface area (Å²) in [5.41, 5.74) is 0.925. The monoisotopic (exact) mass is 367 g/mol. The SMILES string of the molecule is Cn1ncc(Cl)c1C(=O)Nc1nn(Cc2cccc(F)c2)cc1Cl. The van der Waals surface area contributed by atoms with Gasteiger partial charge in [-0.05, 0) is 17.7 Å². The molecule has 1 aromatic carbocycles. The molecule has 0 aliphatic carbocycles. The lowest BCUT2D eigenvalue weighted by atomic mass is 10.2. The Morgan fingerprint density at radius 2 is 2.12 bits per heavy atom. The molecule has 0 aliphatic rings. The van der Waals surface area contributed by atoms with Crippen molar-refractivity contribution < 1.29 is 9.18 Å². The molecule has 0 atom stereocenters. The Bertz CT molecular complexity index is 886. The summed E-state index contributed by atoms with van der Waals surface area (Å²) in [6, 6.07) is 6.15. The van der Waals surface area contributed by atoms with Gasteiger partial charge in [0.25, 0.3) is 5.91 Å². The number of anilines is 1. The number of amides is 1. The molecule has 0 saturated carbocycles. The maximum absolute atomic E-state index is 13.2. The summed E-state index contributed by atoms with van der Waals surface area (Å²) in [4.78, 5) is 12.3. The summed E-state index contributed by atoms with van der Waals surface area (Å²) >= 11 is 12.0. The molecule has 2 aromatic heterocycles. The van der Waals surface area contributed by atoms with Crippen LogP contribution in [0, 0.1) is 5.82 Å². The summed E-state index contributed by atoms with van der Waals surface area (Å²) in [7, 11) is 1.60. The molecule has 1 N–H and O–H groups in total. The molecule has 0 saturated heterocycles. The third-order valence-electron chi connectivity index (χ3n) is 3.29. The van der Waals surface area contributed by atoms with E-state index in [0.29, 0.717) is 6.54 Å². The van der Waals surface area contributed by atoms with E-state index in [9.17, 15) is 9.18 Å². The van der Waals surface area contributed by atoms with Crippen LogP contribution in [0.4, 0.5) is 10.2 Å². The van der Waals surface area contributed by atoms with E-state index in [4.69, 9.17) is 23.2 Å². The fourth-order valence-corrected chi connectivity index (χ4v) is 2.67. The first-order chi connectivity index (χ1) is 11.4. The van der Waals surface area contributed by atoms with Crippen molar-refractivity contribution in [3.63, 3.8) is 0 Å². The van der Waals surface area contributed by atoms with Crippen LogP contribution in [0.25, 0.3) is 0 Å². The van der Waals surface area contributed by atoms with Gasteiger partial charge >= 0.3 is 0 Å². The number of carbonyl (C=O) groups is 1. The van der Waals surface area contributed by atoms with Crippen LogP contribution in [0.5, 0.6) is 0 Å². The van der Waals surface area contributed by atoms with Gasteiger partial charge in [-0.3, -0.25) is 14.2 Å². The normalized spacial score (nSPS) is 10.8. The van der Waals surface area contributed by atoms with Crippen molar-refractivity contribution in [1.29, 1.82) is 0 Å². The van der Waals surface area contributed by atoms with Gasteiger partial charge in [0.1, 0.15) is 16.5 Å². The Hall–Kier alpha value is -2.38. The van der Waals surface area contributed by atoms with Crippen molar-refractivity contribution in [2.75, 3.05) is 5.32 Å². The lowest BCUT2D eigenvalue weighted by molar-refractivity contribution is 0.101. The molecule has 9 heteroatoms. The van der Waals surface area contributed by atoms with Crippen molar-refractivity contribution in [1.82, 2.24) is 19.6 Å². The van der Waals surface area contributed by atoms with Gasteiger partial charge in [-0.15, -0.1) is 0 Å². The largest absolute Gasteiger partial charge is 0.302 e. The number of nitrogens with zero attached hydrogens (tertiary/aromatic N) is 4. The third-order valence-corrected chi connectivity index (χ3v) is 3.84.